The molecule has 0 radical (unpaired) electrons. The van der Waals surface area contributed by atoms with E-state index in [2.05, 4.69) is 59.4 Å². The lowest BCUT2D eigenvalue weighted by molar-refractivity contribution is 0.628. The van der Waals surface area contributed by atoms with Crippen LogP contribution in [-0.4, -0.2) is 6.54 Å². The Labute approximate surface area is 128 Å². The molecule has 0 saturated heterocycles. The van der Waals surface area contributed by atoms with Crippen molar-refractivity contribution in [2.45, 2.75) is 19.9 Å². The molecule has 1 atom stereocenters. The molecule has 0 bridgehead atoms. The van der Waals surface area contributed by atoms with Crippen molar-refractivity contribution in [1.29, 1.82) is 0 Å². The van der Waals surface area contributed by atoms with Gasteiger partial charge in [0, 0.05) is 9.50 Å². The molecule has 0 aromatic heterocycles. The number of rotatable bonds is 4. The lowest BCUT2D eigenvalue weighted by atomic mass is 9.98. The summed E-state index contributed by atoms with van der Waals surface area (Å²) < 4.78 is 1.07. The topological polar surface area (TPSA) is 12.0 Å². The van der Waals surface area contributed by atoms with Crippen molar-refractivity contribution in [2.75, 3.05) is 6.54 Å². The van der Waals surface area contributed by atoms with E-state index in [-0.39, 0.29) is 6.04 Å². The molecule has 1 N–H and O–H groups in total. The fourth-order valence-corrected chi connectivity index (χ4v) is 2.76. The third kappa shape index (κ3) is 3.59. The van der Waals surface area contributed by atoms with Crippen molar-refractivity contribution in [2.24, 2.45) is 0 Å². The minimum absolute atomic E-state index is 0.152. The van der Waals surface area contributed by atoms with E-state index in [0.717, 1.165) is 16.0 Å². The Morgan fingerprint density at radius 1 is 1.16 bits per heavy atom. The molecule has 0 heterocycles. The lowest BCUT2D eigenvalue weighted by Gasteiger charge is -2.20. The van der Waals surface area contributed by atoms with Gasteiger partial charge in [0.1, 0.15) is 0 Å². The van der Waals surface area contributed by atoms with Gasteiger partial charge >= 0.3 is 0 Å². The van der Waals surface area contributed by atoms with Crippen LogP contribution in [-0.2, 0) is 0 Å². The zero-order valence-corrected chi connectivity index (χ0v) is 13.4. The highest BCUT2D eigenvalue weighted by Crippen LogP contribution is 2.31. The van der Waals surface area contributed by atoms with Gasteiger partial charge in [-0.3, -0.25) is 0 Å². The van der Waals surface area contributed by atoms with Crippen LogP contribution >= 0.6 is 27.5 Å². The van der Waals surface area contributed by atoms with Crippen LogP contribution in [0.4, 0.5) is 0 Å². The molecule has 100 valence electrons. The van der Waals surface area contributed by atoms with Crippen molar-refractivity contribution >= 4 is 27.5 Å². The second kappa shape index (κ2) is 6.56. The monoisotopic (exact) mass is 337 g/mol. The summed E-state index contributed by atoms with van der Waals surface area (Å²) in [5.74, 6) is 0. The normalized spacial score (nSPS) is 12.4. The van der Waals surface area contributed by atoms with Gasteiger partial charge in [-0.15, -0.1) is 0 Å². The molecule has 0 aliphatic heterocycles. The summed E-state index contributed by atoms with van der Waals surface area (Å²) in [5, 5.41) is 4.27. The fourth-order valence-electron chi connectivity index (χ4n) is 2.11. The zero-order valence-electron chi connectivity index (χ0n) is 11.1. The quantitative estimate of drug-likeness (QED) is 0.817. The second-order valence-corrected chi connectivity index (χ2v) is 5.86. The molecule has 3 heteroatoms. The predicted octanol–water partition coefficient (Wildman–Crippen LogP) is 5.11. The van der Waals surface area contributed by atoms with Crippen molar-refractivity contribution in [3.8, 4) is 0 Å². The Hall–Kier alpha value is -0.830. The minimum Gasteiger partial charge on any atom is -0.306 e. The predicted molar refractivity (Wildman–Crippen MR) is 85.9 cm³/mol. The molecule has 0 fully saturated rings. The van der Waals surface area contributed by atoms with E-state index in [4.69, 9.17) is 11.6 Å². The van der Waals surface area contributed by atoms with Gasteiger partial charge in [-0.25, -0.2) is 0 Å². The van der Waals surface area contributed by atoms with E-state index in [1.54, 1.807) is 0 Å². The zero-order chi connectivity index (χ0) is 13.8. The number of hydrogen-bond acceptors (Lipinski definition) is 1. The van der Waals surface area contributed by atoms with Crippen LogP contribution < -0.4 is 5.32 Å². The standard InChI is InChI=1S/C16H17BrClN/c1-3-19-16(12-6-4-11(2)5-7-12)14-10-13(18)8-9-15(14)17/h4-10,16,19H,3H2,1-2H3. The Balaban J connectivity index is 2.44. The van der Waals surface area contributed by atoms with Crippen molar-refractivity contribution in [3.05, 3.63) is 68.7 Å². The Morgan fingerprint density at radius 3 is 2.47 bits per heavy atom. The van der Waals surface area contributed by atoms with Crippen LogP contribution in [0.1, 0.15) is 29.7 Å². The van der Waals surface area contributed by atoms with Crippen LogP contribution in [0.25, 0.3) is 0 Å². The molecule has 1 unspecified atom stereocenters. The summed E-state index contributed by atoms with van der Waals surface area (Å²) in [6, 6.07) is 14.7. The molecule has 2 aromatic carbocycles. The van der Waals surface area contributed by atoms with Gasteiger partial charge in [-0.1, -0.05) is 64.3 Å². The molecule has 0 spiro atoms. The van der Waals surface area contributed by atoms with Crippen molar-refractivity contribution in [3.63, 3.8) is 0 Å². The fraction of sp³-hybridized carbons (Fsp3) is 0.250. The average molecular weight is 339 g/mol. The van der Waals surface area contributed by atoms with Gasteiger partial charge in [-0.2, -0.15) is 0 Å². The smallest absolute Gasteiger partial charge is 0.0588 e. The second-order valence-electron chi connectivity index (χ2n) is 4.57. The van der Waals surface area contributed by atoms with E-state index >= 15 is 0 Å². The van der Waals surface area contributed by atoms with E-state index < -0.39 is 0 Å². The van der Waals surface area contributed by atoms with Gasteiger partial charge in [0.25, 0.3) is 0 Å². The first-order valence-corrected chi connectivity index (χ1v) is 7.54. The number of nitrogens with one attached hydrogen (secondary N) is 1. The van der Waals surface area contributed by atoms with Crippen LogP contribution in [0.3, 0.4) is 0 Å². The molecule has 1 nitrogen and oxygen atoms in total. The van der Waals surface area contributed by atoms with Crippen LogP contribution in [0.15, 0.2) is 46.9 Å². The van der Waals surface area contributed by atoms with Crippen LogP contribution in [0.2, 0.25) is 5.02 Å². The first-order valence-electron chi connectivity index (χ1n) is 6.36. The Bertz CT molecular complexity index is 551. The third-order valence-corrected chi connectivity index (χ3v) is 4.05. The molecule has 0 aliphatic carbocycles. The minimum atomic E-state index is 0.152. The van der Waals surface area contributed by atoms with Gasteiger partial charge in [0.05, 0.1) is 6.04 Å². The molecule has 19 heavy (non-hydrogen) atoms. The van der Waals surface area contributed by atoms with E-state index in [0.29, 0.717) is 0 Å². The first kappa shape index (κ1) is 14.6. The SMILES string of the molecule is CCNC(c1ccc(C)cc1)c1cc(Cl)ccc1Br. The summed E-state index contributed by atoms with van der Waals surface area (Å²) >= 11 is 9.74. The van der Waals surface area contributed by atoms with E-state index in [1.807, 2.05) is 18.2 Å². The highest BCUT2D eigenvalue weighted by molar-refractivity contribution is 9.10. The maximum absolute atomic E-state index is 6.13. The number of benzene rings is 2. The third-order valence-electron chi connectivity index (χ3n) is 3.09. The molecule has 2 aromatic rings. The maximum atomic E-state index is 6.13. The van der Waals surface area contributed by atoms with Gasteiger partial charge in [0.15, 0.2) is 0 Å². The van der Waals surface area contributed by atoms with Crippen molar-refractivity contribution in [1.82, 2.24) is 5.32 Å². The van der Waals surface area contributed by atoms with Crippen molar-refractivity contribution < 1.29 is 0 Å². The van der Waals surface area contributed by atoms with Crippen LogP contribution in [0.5, 0.6) is 0 Å². The van der Waals surface area contributed by atoms with Gasteiger partial charge in [-0.05, 0) is 42.8 Å². The molecule has 2 rings (SSSR count). The lowest BCUT2D eigenvalue weighted by Crippen LogP contribution is -2.22. The molecular weight excluding hydrogens is 322 g/mol. The Kier molecular flexibility index (Phi) is 5.03. The number of halogens is 2. The van der Waals surface area contributed by atoms with E-state index in [1.165, 1.54) is 16.7 Å². The highest BCUT2D eigenvalue weighted by Gasteiger charge is 2.16. The van der Waals surface area contributed by atoms with Crippen LogP contribution in [0, 0.1) is 6.92 Å². The summed E-state index contributed by atoms with van der Waals surface area (Å²) in [4.78, 5) is 0. The summed E-state index contributed by atoms with van der Waals surface area (Å²) in [6.45, 7) is 5.11. The van der Waals surface area contributed by atoms with Gasteiger partial charge in [0.2, 0.25) is 0 Å². The first-order chi connectivity index (χ1) is 9.11. The average Bonchev–Trinajstić information content (AvgIpc) is 2.40. The van der Waals surface area contributed by atoms with E-state index in [9.17, 15) is 0 Å². The number of hydrogen-bond donors (Lipinski definition) is 1. The highest BCUT2D eigenvalue weighted by atomic mass is 79.9. The largest absolute Gasteiger partial charge is 0.306 e. The molecule has 0 saturated carbocycles. The molecule has 0 aliphatic rings. The summed E-state index contributed by atoms with van der Waals surface area (Å²) in [6.07, 6.45) is 0. The maximum Gasteiger partial charge on any atom is 0.0588 e. The molecular formula is C16H17BrClN. The summed E-state index contributed by atoms with van der Waals surface area (Å²) in [5.41, 5.74) is 3.68. The Morgan fingerprint density at radius 2 is 1.84 bits per heavy atom. The number of aryl methyl sites for hydroxylation is 1. The molecule has 0 amide bonds. The van der Waals surface area contributed by atoms with Gasteiger partial charge < -0.3 is 5.32 Å². The summed E-state index contributed by atoms with van der Waals surface area (Å²) in [7, 11) is 0.